The van der Waals surface area contributed by atoms with E-state index in [1.54, 1.807) is 0 Å². The summed E-state index contributed by atoms with van der Waals surface area (Å²) >= 11 is 13.0. The molecule has 1 heterocycles. The Morgan fingerprint density at radius 2 is 2.11 bits per heavy atom. The van der Waals surface area contributed by atoms with Gasteiger partial charge in [-0.2, -0.15) is 0 Å². The van der Waals surface area contributed by atoms with Gasteiger partial charge in [0.05, 0.1) is 11.2 Å². The van der Waals surface area contributed by atoms with E-state index in [2.05, 4.69) is 9.97 Å². The van der Waals surface area contributed by atoms with Crippen LogP contribution in [0.15, 0.2) is 6.20 Å². The van der Waals surface area contributed by atoms with Crippen LogP contribution in [0.4, 0.5) is 0 Å². The van der Waals surface area contributed by atoms with Gasteiger partial charge in [0.15, 0.2) is 0 Å². The van der Waals surface area contributed by atoms with Crippen LogP contribution >= 0.6 is 45.8 Å². The van der Waals surface area contributed by atoms with Crippen molar-refractivity contribution in [1.82, 2.24) is 9.97 Å². The summed E-state index contributed by atoms with van der Waals surface area (Å²) in [7, 11) is 0. The molecule has 0 radical (unpaired) electrons. The van der Waals surface area contributed by atoms with Gasteiger partial charge in [-0.15, -0.1) is 0 Å². The zero-order chi connectivity index (χ0) is 6.85. The fraction of sp³-hybridized carbons (Fsp3) is 0. The molecule has 0 saturated carbocycles. The number of nitrogens with zero attached hydrogens (tertiary/aromatic N) is 2. The van der Waals surface area contributed by atoms with Crippen molar-refractivity contribution in [3.8, 4) is 0 Å². The molecule has 0 unspecified atom stereocenters. The molecule has 5 heteroatoms. The Balaban J connectivity index is 3.17. The summed E-state index contributed by atoms with van der Waals surface area (Å²) in [6.07, 6.45) is 1.47. The number of halogens is 3. The van der Waals surface area contributed by atoms with Gasteiger partial charge in [-0.05, 0) is 34.2 Å². The van der Waals surface area contributed by atoms with E-state index >= 15 is 0 Å². The first-order chi connectivity index (χ1) is 4.20. The second-order valence-corrected chi connectivity index (χ2v) is 3.04. The maximum Gasteiger partial charge on any atom is 0.223 e. The summed E-state index contributed by atoms with van der Waals surface area (Å²) in [5.41, 5.74) is 0. The third-order valence-corrected chi connectivity index (χ3v) is 2.27. The molecule has 0 aliphatic rings. The first-order valence-electron chi connectivity index (χ1n) is 2.03. The minimum atomic E-state index is 0.226. The highest BCUT2D eigenvalue weighted by atomic mass is 127. The van der Waals surface area contributed by atoms with Crippen LogP contribution in [0.3, 0.4) is 0 Å². The van der Waals surface area contributed by atoms with E-state index in [-0.39, 0.29) is 5.28 Å². The first kappa shape index (κ1) is 7.50. The lowest BCUT2D eigenvalue weighted by molar-refractivity contribution is 1.14. The van der Waals surface area contributed by atoms with Gasteiger partial charge in [0, 0.05) is 0 Å². The maximum absolute atomic E-state index is 5.59. The second-order valence-electron chi connectivity index (χ2n) is 1.28. The first-order valence-corrected chi connectivity index (χ1v) is 3.87. The molecule has 0 aromatic carbocycles. The van der Waals surface area contributed by atoms with Crippen molar-refractivity contribution in [2.24, 2.45) is 0 Å². The van der Waals surface area contributed by atoms with Gasteiger partial charge < -0.3 is 0 Å². The molecule has 0 aliphatic heterocycles. The highest BCUT2D eigenvalue weighted by Crippen LogP contribution is 2.15. The van der Waals surface area contributed by atoms with Gasteiger partial charge in [0.25, 0.3) is 0 Å². The Hall–Kier alpha value is 0.390. The number of hydrogen-bond donors (Lipinski definition) is 0. The molecule has 1 aromatic rings. The van der Waals surface area contributed by atoms with Crippen LogP contribution in [0.1, 0.15) is 0 Å². The maximum atomic E-state index is 5.59. The lowest BCUT2D eigenvalue weighted by Gasteiger charge is -1.91. The summed E-state index contributed by atoms with van der Waals surface area (Å²) < 4.78 is 0.675. The van der Waals surface area contributed by atoms with E-state index in [1.165, 1.54) is 6.20 Å². The summed E-state index contributed by atoms with van der Waals surface area (Å²) in [5, 5.41) is 0.754. The topological polar surface area (TPSA) is 25.8 Å². The molecule has 48 valence electrons. The minimum Gasteiger partial charge on any atom is -0.225 e. The van der Waals surface area contributed by atoms with Crippen molar-refractivity contribution in [3.05, 3.63) is 20.2 Å². The van der Waals surface area contributed by atoms with E-state index in [4.69, 9.17) is 23.2 Å². The normalized spacial score (nSPS) is 9.67. The fourth-order valence-electron chi connectivity index (χ4n) is 0.326. The SMILES string of the molecule is Clc1ncc(Cl)c(I)n1. The molecule has 2 nitrogen and oxygen atoms in total. The molecule has 0 saturated heterocycles. The molecule has 0 amide bonds. The molecular weight excluding hydrogens is 274 g/mol. The summed E-state index contributed by atoms with van der Waals surface area (Å²) in [5.74, 6) is 0. The number of aromatic nitrogens is 2. The summed E-state index contributed by atoms with van der Waals surface area (Å²) in [4.78, 5) is 7.44. The van der Waals surface area contributed by atoms with Crippen LogP contribution in [0.5, 0.6) is 0 Å². The molecule has 9 heavy (non-hydrogen) atoms. The van der Waals surface area contributed by atoms with Crippen molar-refractivity contribution in [2.75, 3.05) is 0 Å². The van der Waals surface area contributed by atoms with E-state index in [1.807, 2.05) is 22.6 Å². The van der Waals surface area contributed by atoms with Crippen molar-refractivity contribution in [1.29, 1.82) is 0 Å². The second kappa shape index (κ2) is 2.98. The number of hydrogen-bond acceptors (Lipinski definition) is 2. The Morgan fingerprint density at radius 1 is 1.44 bits per heavy atom. The van der Waals surface area contributed by atoms with Crippen LogP contribution in [-0.2, 0) is 0 Å². The van der Waals surface area contributed by atoms with Gasteiger partial charge in [-0.3, -0.25) is 0 Å². The van der Waals surface area contributed by atoms with E-state index in [0.29, 0.717) is 8.72 Å². The lowest BCUT2D eigenvalue weighted by atomic mass is 10.7. The van der Waals surface area contributed by atoms with Gasteiger partial charge in [0.2, 0.25) is 5.28 Å². The standard InChI is InChI=1S/C4HCl2IN2/c5-2-1-8-4(6)9-3(2)7/h1H. The van der Waals surface area contributed by atoms with Gasteiger partial charge in [-0.25, -0.2) is 9.97 Å². The van der Waals surface area contributed by atoms with Crippen LogP contribution in [0, 0.1) is 3.70 Å². The summed E-state index contributed by atoms with van der Waals surface area (Å²) in [6, 6.07) is 0. The molecule has 1 rings (SSSR count). The number of rotatable bonds is 0. The average molecular weight is 275 g/mol. The van der Waals surface area contributed by atoms with Crippen molar-refractivity contribution >= 4 is 45.8 Å². The van der Waals surface area contributed by atoms with Gasteiger partial charge >= 0.3 is 0 Å². The lowest BCUT2D eigenvalue weighted by Crippen LogP contribution is -1.85. The molecule has 0 aliphatic carbocycles. The van der Waals surface area contributed by atoms with Crippen LogP contribution < -0.4 is 0 Å². The third kappa shape index (κ3) is 1.91. The minimum absolute atomic E-state index is 0.226. The molecule has 0 N–H and O–H groups in total. The Bertz CT molecular complexity index is 228. The van der Waals surface area contributed by atoms with Crippen molar-refractivity contribution < 1.29 is 0 Å². The predicted molar refractivity (Wildman–Crippen MR) is 44.8 cm³/mol. The molecule has 0 atom stereocenters. The highest BCUT2D eigenvalue weighted by Gasteiger charge is 1.97. The van der Waals surface area contributed by atoms with Gasteiger partial charge in [-0.1, -0.05) is 11.6 Å². The summed E-state index contributed by atoms with van der Waals surface area (Å²) in [6.45, 7) is 0. The zero-order valence-electron chi connectivity index (χ0n) is 4.11. The van der Waals surface area contributed by atoms with Gasteiger partial charge in [0.1, 0.15) is 3.70 Å². The average Bonchev–Trinajstić information content (AvgIpc) is 1.80. The van der Waals surface area contributed by atoms with Crippen LogP contribution in [0.25, 0.3) is 0 Å². The molecule has 0 spiro atoms. The van der Waals surface area contributed by atoms with E-state index < -0.39 is 0 Å². The van der Waals surface area contributed by atoms with Crippen LogP contribution in [0.2, 0.25) is 10.3 Å². The van der Waals surface area contributed by atoms with Crippen LogP contribution in [-0.4, -0.2) is 9.97 Å². The third-order valence-electron chi connectivity index (χ3n) is 0.672. The van der Waals surface area contributed by atoms with E-state index in [0.717, 1.165) is 0 Å². The molecule has 1 aromatic heterocycles. The largest absolute Gasteiger partial charge is 0.225 e. The Kier molecular flexibility index (Phi) is 2.49. The smallest absolute Gasteiger partial charge is 0.223 e. The molecule has 0 bridgehead atoms. The molecular formula is C4HCl2IN2. The predicted octanol–water partition coefficient (Wildman–Crippen LogP) is 2.39. The zero-order valence-corrected chi connectivity index (χ0v) is 7.78. The molecule has 0 fully saturated rings. The van der Waals surface area contributed by atoms with Crippen molar-refractivity contribution in [2.45, 2.75) is 0 Å². The highest BCUT2D eigenvalue weighted by molar-refractivity contribution is 14.1. The monoisotopic (exact) mass is 274 g/mol. The van der Waals surface area contributed by atoms with Crippen molar-refractivity contribution in [3.63, 3.8) is 0 Å². The Labute approximate surface area is 75.7 Å². The van der Waals surface area contributed by atoms with E-state index in [9.17, 15) is 0 Å². The Morgan fingerprint density at radius 3 is 2.56 bits per heavy atom. The quantitative estimate of drug-likeness (QED) is 0.412. The fourth-order valence-corrected chi connectivity index (χ4v) is 1.06.